The molecule has 0 unspecified atom stereocenters. The molecule has 0 saturated carbocycles. The number of carbonyl (C=O) groups is 1. The largest absolute Gasteiger partial charge is 0.497 e. The first kappa shape index (κ1) is 18.6. The van der Waals surface area contributed by atoms with E-state index in [1.807, 2.05) is 0 Å². The Morgan fingerprint density at radius 1 is 1.00 bits per heavy atom. The Morgan fingerprint density at radius 2 is 1.64 bits per heavy atom. The molecule has 0 spiro atoms. The van der Waals surface area contributed by atoms with Gasteiger partial charge in [-0.15, -0.1) is 0 Å². The Labute approximate surface area is 147 Å². The Balaban J connectivity index is 2.35. The van der Waals surface area contributed by atoms with E-state index in [0.717, 1.165) is 0 Å². The van der Waals surface area contributed by atoms with Gasteiger partial charge in [-0.3, -0.25) is 9.52 Å². The predicted octanol–water partition coefficient (Wildman–Crippen LogP) is 2.85. The number of rotatable bonds is 7. The van der Waals surface area contributed by atoms with Gasteiger partial charge in [-0.25, -0.2) is 8.42 Å². The van der Waals surface area contributed by atoms with E-state index in [-0.39, 0.29) is 23.0 Å². The maximum atomic E-state index is 12.7. The standard InChI is InChI=1S/C17H20N2O5S/c1-4-17(20)18-13-7-10-15(24-3)16(11-13)25(21,22)19-12-5-8-14(23-2)9-6-12/h5-11,19H,4H2,1-3H3,(H,18,20). The number of methoxy groups -OCH3 is 2. The highest BCUT2D eigenvalue weighted by Gasteiger charge is 2.21. The molecule has 0 radical (unpaired) electrons. The highest BCUT2D eigenvalue weighted by Crippen LogP contribution is 2.29. The van der Waals surface area contributed by atoms with Crippen molar-refractivity contribution >= 4 is 27.3 Å². The lowest BCUT2D eigenvalue weighted by Crippen LogP contribution is -2.15. The quantitative estimate of drug-likeness (QED) is 0.788. The molecule has 134 valence electrons. The third-order valence-corrected chi connectivity index (χ3v) is 4.80. The fourth-order valence-electron chi connectivity index (χ4n) is 2.08. The molecule has 0 aromatic heterocycles. The SMILES string of the molecule is CCC(=O)Nc1ccc(OC)c(S(=O)(=O)Nc2ccc(OC)cc2)c1. The number of hydrogen-bond donors (Lipinski definition) is 2. The molecule has 2 aromatic carbocycles. The number of benzene rings is 2. The number of hydrogen-bond acceptors (Lipinski definition) is 5. The van der Waals surface area contributed by atoms with Gasteiger partial charge < -0.3 is 14.8 Å². The van der Waals surface area contributed by atoms with E-state index in [4.69, 9.17) is 9.47 Å². The lowest BCUT2D eigenvalue weighted by atomic mass is 10.3. The van der Waals surface area contributed by atoms with Crippen molar-refractivity contribution in [3.63, 3.8) is 0 Å². The van der Waals surface area contributed by atoms with Gasteiger partial charge in [0.1, 0.15) is 16.4 Å². The van der Waals surface area contributed by atoms with Crippen molar-refractivity contribution < 1.29 is 22.7 Å². The Morgan fingerprint density at radius 3 is 2.20 bits per heavy atom. The summed E-state index contributed by atoms with van der Waals surface area (Å²) in [6, 6.07) is 10.9. The van der Waals surface area contributed by atoms with Crippen LogP contribution < -0.4 is 19.5 Å². The van der Waals surface area contributed by atoms with Gasteiger partial charge in [0.25, 0.3) is 10.0 Å². The van der Waals surface area contributed by atoms with Crippen molar-refractivity contribution in [1.29, 1.82) is 0 Å². The number of amides is 1. The number of sulfonamides is 1. The van der Waals surface area contributed by atoms with Gasteiger partial charge >= 0.3 is 0 Å². The Bertz CT molecular complexity index is 848. The summed E-state index contributed by atoms with van der Waals surface area (Å²) < 4.78 is 38.1. The summed E-state index contributed by atoms with van der Waals surface area (Å²) in [5.74, 6) is 0.581. The van der Waals surface area contributed by atoms with Gasteiger partial charge in [-0.1, -0.05) is 6.92 Å². The van der Waals surface area contributed by atoms with E-state index in [0.29, 0.717) is 17.1 Å². The molecule has 0 aliphatic heterocycles. The van der Waals surface area contributed by atoms with Gasteiger partial charge in [-0.2, -0.15) is 0 Å². The molecule has 2 aromatic rings. The summed E-state index contributed by atoms with van der Waals surface area (Å²) in [5, 5.41) is 2.63. The van der Waals surface area contributed by atoms with Crippen LogP contribution in [0.5, 0.6) is 11.5 Å². The third kappa shape index (κ3) is 4.63. The first-order valence-electron chi connectivity index (χ1n) is 7.54. The van der Waals surface area contributed by atoms with Crippen molar-refractivity contribution in [2.24, 2.45) is 0 Å². The molecule has 0 saturated heterocycles. The molecule has 1 amide bonds. The average molecular weight is 364 g/mol. The van der Waals surface area contributed by atoms with Crippen molar-refractivity contribution in [1.82, 2.24) is 0 Å². The second kappa shape index (κ2) is 7.89. The Kier molecular flexibility index (Phi) is 5.87. The number of ether oxygens (including phenoxy) is 2. The Hall–Kier alpha value is -2.74. The van der Waals surface area contributed by atoms with Crippen LogP contribution in [0.15, 0.2) is 47.4 Å². The van der Waals surface area contributed by atoms with Gasteiger partial charge in [0.05, 0.1) is 14.2 Å². The number of carbonyl (C=O) groups excluding carboxylic acids is 1. The first-order valence-corrected chi connectivity index (χ1v) is 9.02. The van der Waals surface area contributed by atoms with Crippen LogP contribution in [0, 0.1) is 0 Å². The lowest BCUT2D eigenvalue weighted by molar-refractivity contribution is -0.115. The molecule has 2 N–H and O–H groups in total. The summed E-state index contributed by atoms with van der Waals surface area (Å²) in [6.45, 7) is 1.71. The minimum atomic E-state index is -3.91. The van der Waals surface area contributed by atoms with Crippen molar-refractivity contribution in [3.05, 3.63) is 42.5 Å². The van der Waals surface area contributed by atoms with Crippen molar-refractivity contribution in [2.75, 3.05) is 24.3 Å². The van der Waals surface area contributed by atoms with Crippen LogP contribution in [0.4, 0.5) is 11.4 Å². The van der Waals surface area contributed by atoms with Crippen LogP contribution in [0.1, 0.15) is 13.3 Å². The van der Waals surface area contributed by atoms with Gasteiger partial charge in [0.15, 0.2) is 0 Å². The van der Waals surface area contributed by atoms with Crippen molar-refractivity contribution in [2.45, 2.75) is 18.2 Å². The lowest BCUT2D eigenvalue weighted by Gasteiger charge is -2.14. The fourth-order valence-corrected chi connectivity index (χ4v) is 3.34. The molecule has 0 aliphatic rings. The summed E-state index contributed by atoms with van der Waals surface area (Å²) >= 11 is 0. The van der Waals surface area contributed by atoms with Crippen LogP contribution in [0.3, 0.4) is 0 Å². The van der Waals surface area contributed by atoms with E-state index in [1.165, 1.54) is 26.4 Å². The average Bonchev–Trinajstić information content (AvgIpc) is 2.62. The monoisotopic (exact) mass is 364 g/mol. The predicted molar refractivity (Wildman–Crippen MR) is 95.7 cm³/mol. The van der Waals surface area contributed by atoms with E-state index in [1.54, 1.807) is 37.3 Å². The number of nitrogens with one attached hydrogen (secondary N) is 2. The molecule has 2 rings (SSSR count). The third-order valence-electron chi connectivity index (χ3n) is 3.40. The van der Waals surface area contributed by atoms with Gasteiger partial charge in [-0.05, 0) is 42.5 Å². The molecule has 0 bridgehead atoms. The zero-order chi connectivity index (χ0) is 18.4. The molecule has 0 aliphatic carbocycles. The van der Waals surface area contributed by atoms with Gasteiger partial charge in [0, 0.05) is 17.8 Å². The topological polar surface area (TPSA) is 93.7 Å². The summed E-state index contributed by atoms with van der Waals surface area (Å²) in [5.41, 5.74) is 0.758. The zero-order valence-electron chi connectivity index (χ0n) is 14.2. The zero-order valence-corrected chi connectivity index (χ0v) is 15.0. The highest BCUT2D eigenvalue weighted by molar-refractivity contribution is 7.92. The molecular formula is C17H20N2O5S. The minimum Gasteiger partial charge on any atom is -0.497 e. The van der Waals surface area contributed by atoms with Crippen LogP contribution in [0.2, 0.25) is 0 Å². The minimum absolute atomic E-state index is 0.0697. The van der Waals surface area contributed by atoms with Crippen LogP contribution in [0.25, 0.3) is 0 Å². The molecule has 7 nitrogen and oxygen atoms in total. The smallest absolute Gasteiger partial charge is 0.265 e. The normalized spacial score (nSPS) is 10.8. The van der Waals surface area contributed by atoms with E-state index >= 15 is 0 Å². The molecular weight excluding hydrogens is 344 g/mol. The summed E-state index contributed by atoms with van der Waals surface area (Å²) in [7, 11) is -0.999. The summed E-state index contributed by atoms with van der Waals surface area (Å²) in [4.78, 5) is 11.5. The second-order valence-electron chi connectivity index (χ2n) is 5.10. The van der Waals surface area contributed by atoms with E-state index < -0.39 is 10.0 Å². The first-order chi connectivity index (χ1) is 11.9. The van der Waals surface area contributed by atoms with Gasteiger partial charge in [0.2, 0.25) is 5.91 Å². The summed E-state index contributed by atoms with van der Waals surface area (Å²) in [6.07, 6.45) is 0.290. The van der Waals surface area contributed by atoms with Crippen LogP contribution >= 0.6 is 0 Å². The maximum Gasteiger partial charge on any atom is 0.265 e. The van der Waals surface area contributed by atoms with E-state index in [2.05, 4.69) is 10.0 Å². The molecule has 0 fully saturated rings. The molecule has 0 atom stereocenters. The maximum absolute atomic E-state index is 12.7. The molecule has 25 heavy (non-hydrogen) atoms. The molecule has 0 heterocycles. The highest BCUT2D eigenvalue weighted by atomic mass is 32.2. The van der Waals surface area contributed by atoms with E-state index in [9.17, 15) is 13.2 Å². The second-order valence-corrected chi connectivity index (χ2v) is 6.75. The van der Waals surface area contributed by atoms with Crippen LogP contribution in [-0.4, -0.2) is 28.5 Å². The molecule has 8 heteroatoms. The van der Waals surface area contributed by atoms with Crippen molar-refractivity contribution in [3.8, 4) is 11.5 Å². The fraction of sp³-hybridized carbons (Fsp3) is 0.235. The van der Waals surface area contributed by atoms with Crippen LogP contribution in [-0.2, 0) is 14.8 Å². The number of anilines is 2.